The van der Waals surface area contributed by atoms with Gasteiger partial charge in [-0.05, 0) is 37.7 Å². The Morgan fingerprint density at radius 1 is 1.55 bits per heavy atom. The minimum atomic E-state index is -0.540. The Balaban J connectivity index is 2.17. The zero-order valence-electron chi connectivity index (χ0n) is 12.1. The van der Waals surface area contributed by atoms with E-state index in [-0.39, 0.29) is 5.91 Å². The largest absolute Gasteiger partial charge is 0.469 e. The number of furan rings is 1. The summed E-state index contributed by atoms with van der Waals surface area (Å²) in [5.41, 5.74) is 5.96. The van der Waals surface area contributed by atoms with Crippen LogP contribution in [-0.4, -0.2) is 16.4 Å². The maximum Gasteiger partial charge on any atom is 0.255 e. The summed E-state index contributed by atoms with van der Waals surface area (Å²) >= 11 is 5.21. The fourth-order valence-electron chi connectivity index (χ4n) is 2.79. The van der Waals surface area contributed by atoms with Crippen LogP contribution in [0.3, 0.4) is 0 Å². The number of nitrogens with two attached hydrogens (primary N) is 1. The highest BCUT2D eigenvalue weighted by Crippen LogP contribution is 2.32. The number of carbonyl (C=O) groups is 1. The first-order valence-electron chi connectivity index (χ1n) is 7.17. The fraction of sp³-hybridized carbons (Fsp3) is 0.600. The predicted octanol–water partition coefficient (Wildman–Crippen LogP) is 2.81. The molecule has 20 heavy (non-hydrogen) atoms. The number of thiocarbonyl (C=S) groups is 1. The summed E-state index contributed by atoms with van der Waals surface area (Å²) in [6.07, 6.45) is 5.92. The third kappa shape index (κ3) is 2.87. The van der Waals surface area contributed by atoms with Crippen molar-refractivity contribution in [2.75, 3.05) is 0 Å². The second kappa shape index (κ2) is 5.95. The van der Waals surface area contributed by atoms with Gasteiger partial charge in [0, 0.05) is 6.42 Å². The molecule has 1 heterocycles. The highest BCUT2D eigenvalue weighted by molar-refractivity contribution is 7.80. The van der Waals surface area contributed by atoms with E-state index >= 15 is 0 Å². The van der Waals surface area contributed by atoms with Crippen molar-refractivity contribution in [2.45, 2.75) is 51.5 Å². The number of carbonyl (C=O) groups excluding carboxylic acids is 1. The molecule has 1 saturated carbocycles. The normalized spacial score (nSPS) is 26.2. The van der Waals surface area contributed by atoms with Crippen molar-refractivity contribution in [3.63, 3.8) is 0 Å². The number of amides is 1. The van der Waals surface area contributed by atoms with Crippen LogP contribution in [0.4, 0.5) is 0 Å². The maximum absolute atomic E-state index is 12.5. The average Bonchev–Trinajstić information content (AvgIpc) is 2.89. The van der Waals surface area contributed by atoms with Crippen molar-refractivity contribution in [1.82, 2.24) is 5.32 Å². The Bertz CT molecular complexity index is 502. The van der Waals surface area contributed by atoms with Crippen LogP contribution in [0, 0.1) is 5.92 Å². The molecule has 1 fully saturated rings. The monoisotopic (exact) mass is 294 g/mol. The van der Waals surface area contributed by atoms with Gasteiger partial charge in [0.05, 0.1) is 22.4 Å². The molecule has 0 atom stereocenters. The van der Waals surface area contributed by atoms with Gasteiger partial charge < -0.3 is 15.5 Å². The molecule has 1 aromatic heterocycles. The van der Waals surface area contributed by atoms with Crippen LogP contribution in [0.1, 0.15) is 55.6 Å². The molecule has 1 aliphatic rings. The van der Waals surface area contributed by atoms with E-state index in [1.165, 1.54) is 0 Å². The van der Waals surface area contributed by atoms with Gasteiger partial charge in [-0.2, -0.15) is 0 Å². The van der Waals surface area contributed by atoms with Crippen molar-refractivity contribution in [3.05, 3.63) is 23.7 Å². The third-order valence-corrected chi connectivity index (χ3v) is 4.65. The number of rotatable bonds is 4. The highest BCUT2D eigenvalue weighted by atomic mass is 32.1. The second-order valence-electron chi connectivity index (χ2n) is 5.69. The summed E-state index contributed by atoms with van der Waals surface area (Å²) in [5.74, 6) is 1.22. The molecule has 0 unspecified atom stereocenters. The molecule has 0 saturated heterocycles. The van der Waals surface area contributed by atoms with Gasteiger partial charge in [-0.25, -0.2) is 0 Å². The first kappa shape index (κ1) is 15.0. The Labute approximate surface area is 125 Å². The van der Waals surface area contributed by atoms with E-state index in [1.54, 1.807) is 12.3 Å². The Kier molecular flexibility index (Phi) is 4.48. The zero-order chi connectivity index (χ0) is 14.8. The predicted molar refractivity (Wildman–Crippen MR) is 82.7 cm³/mol. The van der Waals surface area contributed by atoms with Gasteiger partial charge in [-0.3, -0.25) is 4.79 Å². The summed E-state index contributed by atoms with van der Waals surface area (Å²) in [5, 5.41) is 3.06. The molecule has 5 heteroatoms. The zero-order valence-corrected chi connectivity index (χ0v) is 12.9. The van der Waals surface area contributed by atoms with E-state index in [9.17, 15) is 4.79 Å². The topological polar surface area (TPSA) is 68.3 Å². The van der Waals surface area contributed by atoms with Crippen LogP contribution in [0.2, 0.25) is 0 Å². The molecule has 2 rings (SSSR count). The average molecular weight is 294 g/mol. The Morgan fingerprint density at radius 3 is 2.75 bits per heavy atom. The minimum absolute atomic E-state index is 0.141. The van der Waals surface area contributed by atoms with Crippen LogP contribution < -0.4 is 11.1 Å². The van der Waals surface area contributed by atoms with Gasteiger partial charge in [-0.1, -0.05) is 26.1 Å². The number of hydrogen-bond acceptors (Lipinski definition) is 3. The fourth-order valence-corrected chi connectivity index (χ4v) is 3.04. The second-order valence-corrected chi connectivity index (χ2v) is 6.13. The van der Waals surface area contributed by atoms with Crippen LogP contribution in [-0.2, 0) is 6.42 Å². The molecular formula is C15H22N2O2S. The van der Waals surface area contributed by atoms with Crippen LogP contribution in [0.15, 0.2) is 16.7 Å². The Hall–Kier alpha value is -1.36. The molecule has 0 aromatic carbocycles. The Morgan fingerprint density at radius 2 is 2.20 bits per heavy atom. The van der Waals surface area contributed by atoms with E-state index in [1.807, 2.05) is 6.92 Å². The lowest BCUT2D eigenvalue weighted by Crippen LogP contribution is -2.58. The molecule has 1 aliphatic carbocycles. The molecule has 1 aromatic rings. The molecule has 0 spiro atoms. The van der Waals surface area contributed by atoms with Crippen LogP contribution in [0.25, 0.3) is 0 Å². The van der Waals surface area contributed by atoms with Gasteiger partial charge in [0.25, 0.3) is 5.91 Å². The van der Waals surface area contributed by atoms with Gasteiger partial charge in [0.2, 0.25) is 0 Å². The van der Waals surface area contributed by atoms with E-state index in [4.69, 9.17) is 22.4 Å². The lowest BCUT2D eigenvalue weighted by Gasteiger charge is -2.39. The molecule has 0 bridgehead atoms. The van der Waals surface area contributed by atoms with Gasteiger partial charge in [-0.15, -0.1) is 0 Å². The van der Waals surface area contributed by atoms with Gasteiger partial charge in [0.1, 0.15) is 5.76 Å². The summed E-state index contributed by atoms with van der Waals surface area (Å²) in [4.78, 5) is 12.8. The first-order valence-corrected chi connectivity index (χ1v) is 7.58. The van der Waals surface area contributed by atoms with E-state index in [0.29, 0.717) is 28.7 Å². The quantitative estimate of drug-likeness (QED) is 0.838. The van der Waals surface area contributed by atoms with Crippen molar-refractivity contribution >= 4 is 23.1 Å². The molecule has 110 valence electrons. The first-order chi connectivity index (χ1) is 9.48. The van der Waals surface area contributed by atoms with E-state index < -0.39 is 5.54 Å². The molecular weight excluding hydrogens is 272 g/mol. The van der Waals surface area contributed by atoms with Crippen LogP contribution >= 0.6 is 12.2 Å². The SMILES string of the molecule is CCc1occc1C(=O)NC1(C(N)=S)CCC(C)CC1. The van der Waals surface area contributed by atoms with E-state index in [0.717, 1.165) is 25.7 Å². The summed E-state index contributed by atoms with van der Waals surface area (Å²) in [7, 11) is 0. The summed E-state index contributed by atoms with van der Waals surface area (Å²) in [6, 6.07) is 1.70. The van der Waals surface area contributed by atoms with Crippen molar-refractivity contribution in [2.24, 2.45) is 11.7 Å². The minimum Gasteiger partial charge on any atom is -0.469 e. The molecule has 0 radical (unpaired) electrons. The maximum atomic E-state index is 12.5. The molecule has 1 amide bonds. The van der Waals surface area contributed by atoms with Crippen molar-refractivity contribution in [3.8, 4) is 0 Å². The third-order valence-electron chi connectivity index (χ3n) is 4.26. The molecule has 0 aliphatic heterocycles. The highest BCUT2D eigenvalue weighted by Gasteiger charge is 2.38. The van der Waals surface area contributed by atoms with Gasteiger partial charge in [0.15, 0.2) is 0 Å². The number of hydrogen-bond donors (Lipinski definition) is 2. The summed E-state index contributed by atoms with van der Waals surface area (Å²) < 4.78 is 5.31. The number of aryl methyl sites for hydroxylation is 1. The summed E-state index contributed by atoms with van der Waals surface area (Å²) in [6.45, 7) is 4.18. The lowest BCUT2D eigenvalue weighted by molar-refractivity contribution is 0.0898. The molecule has 4 nitrogen and oxygen atoms in total. The molecule has 3 N–H and O–H groups in total. The standard InChI is InChI=1S/C15H22N2O2S/c1-3-12-11(6-9-19-12)13(18)17-15(14(16)20)7-4-10(2)5-8-15/h6,9-10H,3-5,7-8H2,1-2H3,(H2,16,20)(H,17,18). The number of nitrogens with one attached hydrogen (secondary N) is 1. The lowest BCUT2D eigenvalue weighted by atomic mass is 9.77. The van der Waals surface area contributed by atoms with Crippen LogP contribution in [0.5, 0.6) is 0 Å². The van der Waals surface area contributed by atoms with E-state index in [2.05, 4.69) is 12.2 Å². The van der Waals surface area contributed by atoms with Gasteiger partial charge >= 0.3 is 0 Å². The van der Waals surface area contributed by atoms with Crippen molar-refractivity contribution < 1.29 is 9.21 Å². The smallest absolute Gasteiger partial charge is 0.255 e. The van der Waals surface area contributed by atoms with Crippen molar-refractivity contribution in [1.29, 1.82) is 0 Å².